The Morgan fingerprint density at radius 1 is 1.08 bits per heavy atom. The Balaban J connectivity index is 1.54. The van der Waals surface area contributed by atoms with Crippen molar-refractivity contribution in [3.05, 3.63) is 34.6 Å². The van der Waals surface area contributed by atoms with Crippen LogP contribution in [-0.4, -0.2) is 35.8 Å². The van der Waals surface area contributed by atoms with Gasteiger partial charge in [-0.15, -0.1) is 0 Å². The van der Waals surface area contributed by atoms with Gasteiger partial charge in [-0.3, -0.25) is 9.59 Å². The van der Waals surface area contributed by atoms with Gasteiger partial charge in [-0.25, -0.2) is 4.39 Å². The van der Waals surface area contributed by atoms with Crippen LogP contribution in [0.3, 0.4) is 0 Å². The van der Waals surface area contributed by atoms with Crippen LogP contribution in [0.1, 0.15) is 55.3 Å². The second-order valence-corrected chi connectivity index (χ2v) is 7.41. The average Bonchev–Trinajstić information content (AvgIpc) is 2.62. The lowest BCUT2D eigenvalue weighted by molar-refractivity contribution is -0.127. The second kappa shape index (κ2) is 8.17. The highest BCUT2D eigenvalue weighted by atomic mass is 35.5. The van der Waals surface area contributed by atoms with Gasteiger partial charge in [0.25, 0.3) is 5.91 Å². The normalized spacial score (nSPS) is 19.7. The van der Waals surface area contributed by atoms with Crippen molar-refractivity contribution in [2.24, 2.45) is 5.92 Å². The maximum absolute atomic E-state index is 13.9. The van der Waals surface area contributed by atoms with Gasteiger partial charge in [0.05, 0.1) is 10.6 Å². The quantitative estimate of drug-likeness (QED) is 0.885. The molecule has 136 valence electrons. The van der Waals surface area contributed by atoms with Crippen LogP contribution in [0.2, 0.25) is 5.02 Å². The molecule has 0 radical (unpaired) electrons. The third kappa shape index (κ3) is 4.32. The van der Waals surface area contributed by atoms with E-state index in [-0.39, 0.29) is 22.4 Å². The van der Waals surface area contributed by atoms with E-state index in [4.69, 9.17) is 11.6 Å². The molecule has 25 heavy (non-hydrogen) atoms. The van der Waals surface area contributed by atoms with Gasteiger partial charge in [-0.05, 0) is 37.8 Å². The van der Waals surface area contributed by atoms with Crippen molar-refractivity contribution in [1.82, 2.24) is 10.2 Å². The van der Waals surface area contributed by atoms with Crippen LogP contribution in [0, 0.1) is 11.7 Å². The van der Waals surface area contributed by atoms with Crippen molar-refractivity contribution in [2.75, 3.05) is 13.1 Å². The van der Waals surface area contributed by atoms with Crippen LogP contribution in [0.5, 0.6) is 0 Å². The molecule has 1 aliphatic heterocycles. The fourth-order valence-electron chi connectivity index (χ4n) is 3.77. The van der Waals surface area contributed by atoms with Crippen LogP contribution >= 0.6 is 11.6 Å². The molecule has 0 spiro atoms. The smallest absolute Gasteiger partial charge is 0.258 e. The average molecular weight is 367 g/mol. The largest absolute Gasteiger partial charge is 0.353 e. The summed E-state index contributed by atoms with van der Waals surface area (Å²) in [6.07, 6.45) is 6.96. The molecule has 1 saturated heterocycles. The van der Waals surface area contributed by atoms with Crippen molar-refractivity contribution in [3.8, 4) is 0 Å². The van der Waals surface area contributed by atoms with E-state index in [2.05, 4.69) is 5.32 Å². The molecular weight excluding hydrogens is 343 g/mol. The first-order valence-electron chi connectivity index (χ1n) is 9.10. The SMILES string of the molecule is O=C(NC1CCCCC1)C1CCN(C(=O)c2c(F)cccc2Cl)CC1. The summed E-state index contributed by atoms with van der Waals surface area (Å²) in [5.41, 5.74) is -0.0747. The summed E-state index contributed by atoms with van der Waals surface area (Å²) in [7, 11) is 0. The molecule has 2 amide bonds. The Morgan fingerprint density at radius 3 is 2.40 bits per heavy atom. The number of rotatable bonds is 3. The molecule has 2 fully saturated rings. The van der Waals surface area contributed by atoms with Crippen molar-refractivity contribution in [2.45, 2.75) is 51.0 Å². The summed E-state index contributed by atoms with van der Waals surface area (Å²) in [5, 5.41) is 3.29. The predicted molar refractivity (Wildman–Crippen MR) is 95.1 cm³/mol. The second-order valence-electron chi connectivity index (χ2n) is 7.01. The molecule has 1 aromatic carbocycles. The first-order valence-corrected chi connectivity index (χ1v) is 9.47. The topological polar surface area (TPSA) is 49.4 Å². The molecule has 1 N–H and O–H groups in total. The minimum atomic E-state index is -0.602. The molecule has 0 atom stereocenters. The molecule has 1 aromatic rings. The third-order valence-electron chi connectivity index (χ3n) is 5.28. The fourth-order valence-corrected chi connectivity index (χ4v) is 4.01. The first-order chi connectivity index (χ1) is 12.1. The number of likely N-dealkylation sites (tertiary alicyclic amines) is 1. The lowest BCUT2D eigenvalue weighted by Crippen LogP contribution is -2.45. The van der Waals surface area contributed by atoms with E-state index in [1.807, 2.05) is 0 Å². The number of hydrogen-bond acceptors (Lipinski definition) is 2. The van der Waals surface area contributed by atoms with Crippen LogP contribution in [0.25, 0.3) is 0 Å². The van der Waals surface area contributed by atoms with Crippen molar-refractivity contribution in [1.29, 1.82) is 0 Å². The summed E-state index contributed by atoms with van der Waals surface area (Å²) < 4.78 is 13.9. The van der Waals surface area contributed by atoms with Gasteiger partial charge >= 0.3 is 0 Å². The highest BCUT2D eigenvalue weighted by molar-refractivity contribution is 6.33. The number of hydrogen-bond donors (Lipinski definition) is 1. The van der Waals surface area contributed by atoms with Crippen molar-refractivity contribution in [3.63, 3.8) is 0 Å². The highest BCUT2D eigenvalue weighted by Gasteiger charge is 2.30. The van der Waals surface area contributed by atoms with E-state index in [0.717, 1.165) is 12.8 Å². The molecule has 1 saturated carbocycles. The maximum atomic E-state index is 13.9. The molecule has 3 rings (SSSR count). The Hall–Kier alpha value is -1.62. The number of piperidine rings is 1. The van der Waals surface area contributed by atoms with E-state index in [1.165, 1.54) is 37.5 Å². The van der Waals surface area contributed by atoms with E-state index in [1.54, 1.807) is 4.90 Å². The number of amides is 2. The monoisotopic (exact) mass is 366 g/mol. The number of nitrogens with one attached hydrogen (secondary N) is 1. The molecule has 4 nitrogen and oxygen atoms in total. The predicted octanol–water partition coefficient (Wildman–Crippen LogP) is 3.78. The van der Waals surface area contributed by atoms with Crippen LogP contribution in [0.15, 0.2) is 18.2 Å². The molecule has 0 aromatic heterocycles. The van der Waals surface area contributed by atoms with Gasteiger partial charge in [0, 0.05) is 25.0 Å². The molecule has 1 heterocycles. The van der Waals surface area contributed by atoms with Crippen LogP contribution < -0.4 is 5.32 Å². The zero-order valence-electron chi connectivity index (χ0n) is 14.3. The molecule has 6 heteroatoms. The Labute approximate surface area is 152 Å². The molecule has 2 aliphatic rings. The van der Waals surface area contributed by atoms with E-state index in [0.29, 0.717) is 32.0 Å². The van der Waals surface area contributed by atoms with Crippen LogP contribution in [-0.2, 0) is 4.79 Å². The number of carbonyl (C=O) groups is 2. The van der Waals surface area contributed by atoms with E-state index >= 15 is 0 Å². The maximum Gasteiger partial charge on any atom is 0.258 e. The van der Waals surface area contributed by atoms with Gasteiger partial charge in [0.2, 0.25) is 5.91 Å². The van der Waals surface area contributed by atoms with Gasteiger partial charge in [-0.1, -0.05) is 36.9 Å². The van der Waals surface area contributed by atoms with Crippen LogP contribution in [0.4, 0.5) is 4.39 Å². The Morgan fingerprint density at radius 2 is 1.76 bits per heavy atom. The zero-order valence-corrected chi connectivity index (χ0v) is 15.0. The van der Waals surface area contributed by atoms with E-state index in [9.17, 15) is 14.0 Å². The Kier molecular flexibility index (Phi) is 5.94. The standard InChI is InChI=1S/C19H24ClFN2O2/c20-15-7-4-8-16(21)17(15)19(25)23-11-9-13(10-12-23)18(24)22-14-5-2-1-3-6-14/h4,7-8,13-14H,1-3,5-6,9-12H2,(H,22,24). The molecule has 0 unspecified atom stereocenters. The van der Waals surface area contributed by atoms with Gasteiger partial charge in [0.1, 0.15) is 5.82 Å². The summed E-state index contributed by atoms with van der Waals surface area (Å²) in [5.74, 6) is -0.964. The minimum absolute atomic E-state index is 0.0675. The summed E-state index contributed by atoms with van der Waals surface area (Å²) in [6, 6.07) is 4.54. The molecule has 1 aliphatic carbocycles. The fraction of sp³-hybridized carbons (Fsp3) is 0.579. The first kappa shape index (κ1) is 18.2. The van der Waals surface area contributed by atoms with Gasteiger partial charge < -0.3 is 10.2 Å². The number of nitrogens with zero attached hydrogens (tertiary/aromatic N) is 1. The zero-order chi connectivity index (χ0) is 17.8. The molecular formula is C19H24ClFN2O2. The molecule has 0 bridgehead atoms. The van der Waals surface area contributed by atoms with Crippen molar-refractivity contribution < 1.29 is 14.0 Å². The lowest BCUT2D eigenvalue weighted by atomic mass is 9.92. The van der Waals surface area contributed by atoms with Gasteiger partial charge in [-0.2, -0.15) is 0 Å². The number of carbonyl (C=O) groups excluding carboxylic acids is 2. The highest BCUT2D eigenvalue weighted by Crippen LogP contribution is 2.25. The van der Waals surface area contributed by atoms with Crippen molar-refractivity contribution >= 4 is 23.4 Å². The van der Waals surface area contributed by atoms with E-state index < -0.39 is 11.7 Å². The minimum Gasteiger partial charge on any atom is -0.353 e. The summed E-state index contributed by atoms with van der Waals surface area (Å²) >= 11 is 5.98. The Bertz CT molecular complexity index is 618. The summed E-state index contributed by atoms with van der Waals surface area (Å²) in [6.45, 7) is 0.901. The lowest BCUT2D eigenvalue weighted by Gasteiger charge is -2.33. The number of halogens is 2. The number of benzene rings is 1. The third-order valence-corrected chi connectivity index (χ3v) is 5.60. The van der Waals surface area contributed by atoms with Gasteiger partial charge in [0.15, 0.2) is 0 Å². The summed E-state index contributed by atoms with van der Waals surface area (Å²) in [4.78, 5) is 26.6.